The third-order valence-corrected chi connectivity index (χ3v) is 8.91. The summed E-state index contributed by atoms with van der Waals surface area (Å²) < 4.78 is 0. The van der Waals surface area contributed by atoms with Gasteiger partial charge in [-0.05, 0) is 24.3 Å². The molecule has 0 aliphatic heterocycles. The molecule has 0 amide bonds. The molecule has 1 rings (SSSR count). The van der Waals surface area contributed by atoms with Gasteiger partial charge in [-0.3, -0.25) is 0 Å². The van der Waals surface area contributed by atoms with Crippen molar-refractivity contribution in [3.63, 3.8) is 0 Å². The lowest BCUT2D eigenvalue weighted by Crippen LogP contribution is -2.27. The van der Waals surface area contributed by atoms with E-state index in [2.05, 4.69) is 6.92 Å². The molecule has 0 radical (unpaired) electrons. The Morgan fingerprint density at radius 1 is 0.882 bits per heavy atom. The molecule has 1 aliphatic rings. The van der Waals surface area contributed by atoms with Crippen LogP contribution in [0.2, 0.25) is 5.04 Å². The molecule has 1 aliphatic carbocycles. The highest BCUT2D eigenvalue weighted by atomic mass is 35.7. The predicted octanol–water partition coefficient (Wildman–Crippen LogP) is 6.14. The van der Waals surface area contributed by atoms with Crippen molar-refractivity contribution in [3.8, 4) is 0 Å². The first-order chi connectivity index (χ1) is 8.21. The normalized spacial score (nSPS) is 19.8. The van der Waals surface area contributed by atoms with Crippen molar-refractivity contribution in [1.29, 1.82) is 0 Å². The van der Waals surface area contributed by atoms with Gasteiger partial charge in [-0.1, -0.05) is 64.7 Å². The summed E-state index contributed by atoms with van der Waals surface area (Å²) in [5.74, 6) is 0. The van der Waals surface area contributed by atoms with E-state index < -0.39 is 7.42 Å². The summed E-state index contributed by atoms with van der Waals surface area (Å²) >= 11 is 12.8. The van der Waals surface area contributed by atoms with Crippen LogP contribution in [0.4, 0.5) is 0 Å². The highest BCUT2D eigenvalue weighted by Crippen LogP contribution is 2.51. The highest BCUT2D eigenvalue weighted by Gasteiger charge is 2.38. The Bertz CT molecular complexity index is 189. The Balaban J connectivity index is 2.20. The van der Waals surface area contributed by atoms with Gasteiger partial charge in [0.05, 0.1) is 0 Å². The van der Waals surface area contributed by atoms with E-state index in [1.54, 1.807) is 0 Å². The van der Waals surface area contributed by atoms with E-state index in [0.29, 0.717) is 5.04 Å². The molecule has 0 bridgehead atoms. The fraction of sp³-hybridized carbons (Fsp3) is 1.00. The molecule has 0 aromatic heterocycles. The van der Waals surface area contributed by atoms with Gasteiger partial charge >= 0.3 is 0 Å². The van der Waals surface area contributed by atoms with Crippen LogP contribution in [0.15, 0.2) is 0 Å². The lowest BCUT2D eigenvalue weighted by Gasteiger charge is -2.37. The molecule has 0 spiro atoms. The van der Waals surface area contributed by atoms with Gasteiger partial charge in [0.1, 0.15) is 0 Å². The van der Waals surface area contributed by atoms with Gasteiger partial charge in [0.15, 0.2) is 0 Å². The minimum absolute atomic E-state index is 0.395. The zero-order chi connectivity index (χ0) is 12.6. The lowest BCUT2D eigenvalue weighted by atomic mass is 9.84. The molecule has 1 saturated carbocycles. The summed E-state index contributed by atoms with van der Waals surface area (Å²) in [5.41, 5.74) is 0. The average Bonchev–Trinajstić information content (AvgIpc) is 2.34. The van der Waals surface area contributed by atoms with Gasteiger partial charge in [0.25, 0.3) is 0 Å². The van der Waals surface area contributed by atoms with Crippen LogP contribution in [0.1, 0.15) is 84.0 Å². The van der Waals surface area contributed by atoms with Crippen LogP contribution >= 0.6 is 22.2 Å². The molecule has 17 heavy (non-hydrogen) atoms. The molecular weight excluding hydrogens is 267 g/mol. The Morgan fingerprint density at radius 2 is 1.47 bits per heavy atom. The minimum Gasteiger partial charge on any atom is -0.150 e. The monoisotopic (exact) mass is 294 g/mol. The molecular formula is C14H28Cl2Si. The zero-order valence-corrected chi connectivity index (χ0v) is 14.0. The average molecular weight is 295 g/mol. The minimum atomic E-state index is -1.51. The van der Waals surface area contributed by atoms with E-state index in [9.17, 15) is 0 Å². The second kappa shape index (κ2) is 8.82. The Labute approximate surface area is 118 Å². The fourth-order valence-electron chi connectivity index (χ4n) is 3.09. The topological polar surface area (TPSA) is 0 Å². The van der Waals surface area contributed by atoms with Crippen LogP contribution in [0, 0.1) is 0 Å². The van der Waals surface area contributed by atoms with Gasteiger partial charge in [-0.15, -0.1) is 22.2 Å². The van der Waals surface area contributed by atoms with Gasteiger partial charge in [-0.25, -0.2) is 0 Å². The van der Waals surface area contributed by atoms with Crippen molar-refractivity contribution >= 4 is 29.6 Å². The smallest absolute Gasteiger partial charge is 0.150 e. The van der Waals surface area contributed by atoms with Crippen molar-refractivity contribution in [2.24, 2.45) is 0 Å². The molecule has 0 N–H and O–H groups in total. The van der Waals surface area contributed by atoms with E-state index in [4.69, 9.17) is 22.2 Å². The Kier molecular flexibility index (Phi) is 8.23. The van der Waals surface area contributed by atoms with Crippen molar-refractivity contribution in [1.82, 2.24) is 0 Å². The SMILES string of the molecule is CCCCCCCCC1([SiH](Cl)Cl)CCCCC1. The number of hydrogen-bond acceptors (Lipinski definition) is 0. The fourth-order valence-corrected chi connectivity index (χ4v) is 6.32. The molecule has 102 valence electrons. The van der Waals surface area contributed by atoms with Gasteiger partial charge in [-0.2, -0.15) is 0 Å². The third kappa shape index (κ3) is 5.53. The second-order valence-corrected chi connectivity index (χ2v) is 10.9. The van der Waals surface area contributed by atoms with Crippen LogP contribution in [-0.4, -0.2) is 7.42 Å². The molecule has 0 atom stereocenters. The molecule has 0 saturated heterocycles. The van der Waals surface area contributed by atoms with Crippen molar-refractivity contribution in [2.45, 2.75) is 89.0 Å². The first-order valence-electron chi connectivity index (χ1n) is 7.49. The van der Waals surface area contributed by atoms with Crippen LogP contribution in [0.5, 0.6) is 0 Å². The predicted molar refractivity (Wildman–Crippen MR) is 82.6 cm³/mol. The number of rotatable bonds is 8. The van der Waals surface area contributed by atoms with E-state index in [0.717, 1.165) is 0 Å². The first-order valence-corrected chi connectivity index (χ1v) is 11.6. The Hall–Kier alpha value is 0.797. The van der Waals surface area contributed by atoms with E-state index in [1.165, 1.54) is 77.0 Å². The molecule has 0 unspecified atom stereocenters. The molecule has 0 aromatic rings. The zero-order valence-electron chi connectivity index (χ0n) is 11.3. The highest BCUT2D eigenvalue weighted by molar-refractivity contribution is 7.35. The summed E-state index contributed by atoms with van der Waals surface area (Å²) in [7, 11) is -1.51. The van der Waals surface area contributed by atoms with Crippen LogP contribution in [0.3, 0.4) is 0 Å². The molecule has 1 fully saturated rings. The van der Waals surface area contributed by atoms with Crippen molar-refractivity contribution in [2.75, 3.05) is 0 Å². The number of unbranched alkanes of at least 4 members (excludes halogenated alkanes) is 5. The molecule has 3 heteroatoms. The molecule has 0 aromatic carbocycles. The summed E-state index contributed by atoms with van der Waals surface area (Å²) in [6, 6.07) is 0. The first kappa shape index (κ1) is 15.9. The van der Waals surface area contributed by atoms with Gasteiger partial charge in [0.2, 0.25) is 7.42 Å². The van der Waals surface area contributed by atoms with E-state index >= 15 is 0 Å². The lowest BCUT2D eigenvalue weighted by molar-refractivity contribution is 0.344. The van der Waals surface area contributed by atoms with Gasteiger partial charge < -0.3 is 0 Å². The summed E-state index contributed by atoms with van der Waals surface area (Å²) in [6.45, 7) is 2.27. The Morgan fingerprint density at radius 3 is 2.06 bits per heavy atom. The molecule has 0 nitrogen and oxygen atoms in total. The van der Waals surface area contributed by atoms with Crippen molar-refractivity contribution < 1.29 is 0 Å². The summed E-state index contributed by atoms with van der Waals surface area (Å²) in [4.78, 5) is 0. The quantitative estimate of drug-likeness (QED) is 0.286. The number of halogens is 2. The third-order valence-electron chi connectivity index (χ3n) is 4.34. The van der Waals surface area contributed by atoms with Crippen LogP contribution in [0.25, 0.3) is 0 Å². The summed E-state index contributed by atoms with van der Waals surface area (Å²) in [5, 5.41) is 0.395. The van der Waals surface area contributed by atoms with E-state index in [-0.39, 0.29) is 0 Å². The maximum Gasteiger partial charge on any atom is 0.243 e. The largest absolute Gasteiger partial charge is 0.243 e. The number of hydrogen-bond donors (Lipinski definition) is 0. The maximum atomic E-state index is 6.38. The van der Waals surface area contributed by atoms with Crippen LogP contribution in [-0.2, 0) is 0 Å². The molecule has 0 heterocycles. The van der Waals surface area contributed by atoms with E-state index in [1.807, 2.05) is 0 Å². The summed E-state index contributed by atoms with van der Waals surface area (Å²) in [6.07, 6.45) is 16.3. The standard InChI is InChI=1S/C14H28Cl2Si/c1-2-3-4-5-6-8-11-14(17(15)16)12-9-7-10-13-14/h17H,2-13H2,1H3. The van der Waals surface area contributed by atoms with Gasteiger partial charge in [0, 0.05) is 0 Å². The van der Waals surface area contributed by atoms with Crippen LogP contribution < -0.4 is 0 Å². The second-order valence-electron chi connectivity index (χ2n) is 5.74. The maximum absolute atomic E-state index is 6.38. The van der Waals surface area contributed by atoms with Crippen molar-refractivity contribution in [3.05, 3.63) is 0 Å².